The van der Waals surface area contributed by atoms with Crippen molar-refractivity contribution in [2.24, 2.45) is 0 Å². The van der Waals surface area contributed by atoms with Crippen molar-refractivity contribution in [2.45, 2.75) is 51.0 Å². The van der Waals surface area contributed by atoms with Gasteiger partial charge in [0, 0.05) is 5.41 Å². The molecule has 1 amide bonds. The van der Waals surface area contributed by atoms with Crippen LogP contribution in [0.15, 0.2) is 18.2 Å². The summed E-state index contributed by atoms with van der Waals surface area (Å²) in [5.41, 5.74) is 0.400. The van der Waals surface area contributed by atoms with Crippen molar-refractivity contribution in [1.29, 1.82) is 0 Å². The molecule has 2 rings (SSSR count). The number of ether oxygens (including phenoxy) is 1. The molecule has 116 valence electrons. The first-order valence-corrected chi connectivity index (χ1v) is 7.20. The highest BCUT2D eigenvalue weighted by atomic mass is 16.6. The number of aromatic hydroxyl groups is 1. The zero-order valence-corrected chi connectivity index (χ0v) is 12.8. The molecule has 1 aromatic rings. The van der Waals surface area contributed by atoms with E-state index in [9.17, 15) is 15.0 Å². The number of anilines is 1. The van der Waals surface area contributed by atoms with Gasteiger partial charge in [0.15, 0.2) is 0 Å². The van der Waals surface area contributed by atoms with Gasteiger partial charge in [0.1, 0.15) is 11.4 Å². The maximum atomic E-state index is 11.8. The molecule has 0 atom stereocenters. The van der Waals surface area contributed by atoms with E-state index in [0.29, 0.717) is 5.69 Å². The van der Waals surface area contributed by atoms with E-state index >= 15 is 0 Å². The van der Waals surface area contributed by atoms with Crippen molar-refractivity contribution in [3.05, 3.63) is 23.8 Å². The van der Waals surface area contributed by atoms with Gasteiger partial charge in [-0.3, -0.25) is 5.32 Å². The fraction of sp³-hybridized carbons (Fsp3) is 0.562. The van der Waals surface area contributed by atoms with E-state index in [4.69, 9.17) is 4.74 Å². The Hall–Kier alpha value is -1.75. The summed E-state index contributed by atoms with van der Waals surface area (Å²) < 4.78 is 5.18. The third kappa shape index (κ3) is 3.47. The lowest BCUT2D eigenvalue weighted by molar-refractivity contribution is 0.0635. The van der Waals surface area contributed by atoms with Crippen molar-refractivity contribution < 1.29 is 19.7 Å². The Morgan fingerprint density at radius 3 is 2.52 bits per heavy atom. The lowest BCUT2D eigenvalue weighted by Crippen LogP contribution is -2.38. The molecular formula is C16H23NO4. The lowest BCUT2D eigenvalue weighted by Gasteiger charge is -2.41. The number of hydrogen-bond donors (Lipinski definition) is 3. The van der Waals surface area contributed by atoms with Crippen LogP contribution >= 0.6 is 0 Å². The lowest BCUT2D eigenvalue weighted by atomic mass is 9.65. The Morgan fingerprint density at radius 1 is 1.38 bits per heavy atom. The molecule has 1 saturated carbocycles. The van der Waals surface area contributed by atoms with Crippen LogP contribution in [0.2, 0.25) is 0 Å². The van der Waals surface area contributed by atoms with Gasteiger partial charge in [-0.15, -0.1) is 0 Å². The van der Waals surface area contributed by atoms with Crippen molar-refractivity contribution in [3.8, 4) is 5.75 Å². The Kier molecular flexibility index (Phi) is 4.14. The third-order valence-electron chi connectivity index (χ3n) is 3.86. The molecule has 0 aliphatic heterocycles. The first-order chi connectivity index (χ1) is 9.76. The average molecular weight is 293 g/mol. The number of aliphatic hydroxyl groups excluding tert-OH is 1. The van der Waals surface area contributed by atoms with E-state index in [-0.39, 0.29) is 17.8 Å². The van der Waals surface area contributed by atoms with E-state index in [1.54, 1.807) is 32.9 Å². The van der Waals surface area contributed by atoms with Gasteiger partial charge in [0.2, 0.25) is 0 Å². The summed E-state index contributed by atoms with van der Waals surface area (Å²) in [4.78, 5) is 11.8. The van der Waals surface area contributed by atoms with E-state index in [2.05, 4.69) is 5.32 Å². The molecule has 21 heavy (non-hydrogen) atoms. The molecule has 0 bridgehead atoms. The summed E-state index contributed by atoms with van der Waals surface area (Å²) in [6, 6.07) is 5.05. The van der Waals surface area contributed by atoms with Crippen LogP contribution in [0.4, 0.5) is 10.5 Å². The molecule has 1 aromatic carbocycles. The first-order valence-electron chi connectivity index (χ1n) is 7.20. The summed E-state index contributed by atoms with van der Waals surface area (Å²) in [5.74, 6) is -0.0166. The average Bonchev–Trinajstić information content (AvgIpc) is 2.30. The monoisotopic (exact) mass is 293 g/mol. The van der Waals surface area contributed by atoms with E-state index in [0.717, 1.165) is 24.8 Å². The molecule has 1 aliphatic rings. The normalized spacial score (nSPS) is 17.0. The number of nitrogens with one attached hydrogen (secondary N) is 1. The van der Waals surface area contributed by atoms with Gasteiger partial charge in [-0.1, -0.05) is 12.5 Å². The van der Waals surface area contributed by atoms with Crippen LogP contribution in [-0.2, 0) is 10.2 Å². The van der Waals surface area contributed by atoms with Crippen LogP contribution in [0.25, 0.3) is 0 Å². The molecule has 1 fully saturated rings. The maximum absolute atomic E-state index is 11.8. The van der Waals surface area contributed by atoms with Crippen molar-refractivity contribution in [1.82, 2.24) is 0 Å². The predicted octanol–water partition coefficient (Wildman–Crippen LogP) is 3.15. The minimum absolute atomic E-state index is 0.0166. The first kappa shape index (κ1) is 15.6. The second-order valence-corrected chi connectivity index (χ2v) is 6.65. The Labute approximate surface area is 124 Å². The number of aliphatic hydroxyl groups is 1. The number of hydrogen-bond acceptors (Lipinski definition) is 4. The molecule has 0 radical (unpaired) electrons. The minimum Gasteiger partial charge on any atom is -0.506 e. The number of carbonyl (C=O) groups excluding carboxylic acids is 1. The van der Waals surface area contributed by atoms with Gasteiger partial charge < -0.3 is 14.9 Å². The SMILES string of the molecule is CC(C)(C)OC(=O)Nc1cc(C2(CO)CCC2)ccc1O. The number of amides is 1. The number of carbonyl (C=O) groups is 1. The quantitative estimate of drug-likeness (QED) is 0.748. The molecule has 0 unspecified atom stereocenters. The van der Waals surface area contributed by atoms with Gasteiger partial charge in [-0.05, 0) is 51.3 Å². The number of phenols is 1. The summed E-state index contributed by atoms with van der Waals surface area (Å²) >= 11 is 0. The maximum Gasteiger partial charge on any atom is 0.412 e. The van der Waals surface area contributed by atoms with Gasteiger partial charge in [0.05, 0.1) is 12.3 Å². The standard InChI is InChI=1S/C16H23NO4/c1-15(2,3)21-14(20)17-12-9-11(5-6-13(12)19)16(10-18)7-4-8-16/h5-6,9,18-19H,4,7-8,10H2,1-3H3,(H,17,20). The Balaban J connectivity index is 2.18. The molecule has 5 nitrogen and oxygen atoms in total. The largest absolute Gasteiger partial charge is 0.506 e. The Bertz CT molecular complexity index is 524. The van der Waals surface area contributed by atoms with Gasteiger partial charge in [-0.2, -0.15) is 0 Å². The summed E-state index contributed by atoms with van der Waals surface area (Å²) in [5, 5.41) is 22.0. The van der Waals surface area contributed by atoms with Crippen LogP contribution in [0, 0.1) is 0 Å². The molecule has 1 aliphatic carbocycles. The van der Waals surface area contributed by atoms with Crippen LogP contribution in [0.3, 0.4) is 0 Å². The van der Waals surface area contributed by atoms with E-state index in [1.165, 1.54) is 6.07 Å². The highest BCUT2D eigenvalue weighted by Crippen LogP contribution is 2.44. The zero-order valence-electron chi connectivity index (χ0n) is 12.8. The molecule has 0 saturated heterocycles. The second-order valence-electron chi connectivity index (χ2n) is 6.65. The fourth-order valence-electron chi connectivity index (χ4n) is 2.52. The van der Waals surface area contributed by atoms with E-state index in [1.807, 2.05) is 0 Å². The number of phenolic OH excluding ortho intramolecular Hbond substituents is 1. The Morgan fingerprint density at radius 2 is 2.05 bits per heavy atom. The van der Waals surface area contributed by atoms with Crippen LogP contribution in [-0.4, -0.2) is 28.5 Å². The van der Waals surface area contributed by atoms with Crippen molar-refractivity contribution >= 4 is 11.8 Å². The summed E-state index contributed by atoms with van der Waals surface area (Å²) in [6.07, 6.45) is 2.30. The summed E-state index contributed by atoms with van der Waals surface area (Å²) in [6.45, 7) is 5.40. The van der Waals surface area contributed by atoms with Crippen molar-refractivity contribution in [3.63, 3.8) is 0 Å². The van der Waals surface area contributed by atoms with E-state index < -0.39 is 11.7 Å². The van der Waals surface area contributed by atoms with Crippen LogP contribution in [0.1, 0.15) is 45.6 Å². The topological polar surface area (TPSA) is 78.8 Å². The van der Waals surface area contributed by atoms with Gasteiger partial charge >= 0.3 is 6.09 Å². The smallest absolute Gasteiger partial charge is 0.412 e. The third-order valence-corrected chi connectivity index (χ3v) is 3.86. The van der Waals surface area contributed by atoms with Crippen LogP contribution < -0.4 is 5.32 Å². The van der Waals surface area contributed by atoms with Crippen LogP contribution in [0.5, 0.6) is 5.75 Å². The van der Waals surface area contributed by atoms with Crippen molar-refractivity contribution in [2.75, 3.05) is 11.9 Å². The zero-order chi connectivity index (χ0) is 15.7. The number of benzene rings is 1. The van der Waals surface area contributed by atoms with Gasteiger partial charge in [-0.25, -0.2) is 4.79 Å². The molecular weight excluding hydrogens is 270 g/mol. The highest BCUT2D eigenvalue weighted by molar-refractivity contribution is 5.87. The van der Waals surface area contributed by atoms with Gasteiger partial charge in [0.25, 0.3) is 0 Å². The minimum atomic E-state index is -0.610. The summed E-state index contributed by atoms with van der Waals surface area (Å²) in [7, 11) is 0. The molecule has 0 aromatic heterocycles. The number of rotatable bonds is 3. The fourth-order valence-corrected chi connectivity index (χ4v) is 2.52. The predicted molar refractivity (Wildman–Crippen MR) is 80.6 cm³/mol. The molecule has 0 heterocycles. The highest BCUT2D eigenvalue weighted by Gasteiger charge is 2.38. The molecule has 3 N–H and O–H groups in total. The second kappa shape index (κ2) is 5.56. The molecule has 5 heteroatoms. The molecule has 0 spiro atoms.